The number of amides is 1. The highest BCUT2D eigenvalue weighted by atomic mass is 16.2. The largest absolute Gasteiger partial charge is 0.330 e. The molecule has 2 aromatic heterocycles. The van der Waals surface area contributed by atoms with Gasteiger partial charge in [-0.05, 0) is 25.7 Å². The van der Waals surface area contributed by atoms with Crippen LogP contribution in [0.4, 0.5) is 0 Å². The molecule has 0 bridgehead atoms. The average molecular weight is 295 g/mol. The van der Waals surface area contributed by atoms with Crippen molar-refractivity contribution in [2.45, 2.75) is 37.6 Å². The van der Waals surface area contributed by atoms with Gasteiger partial charge in [0.25, 0.3) is 5.91 Å². The number of carbonyl (C=O) groups excluding carboxylic acids is 1. The molecule has 22 heavy (non-hydrogen) atoms. The molecule has 1 unspecified atom stereocenters. The van der Waals surface area contributed by atoms with E-state index >= 15 is 0 Å². The summed E-state index contributed by atoms with van der Waals surface area (Å²) in [4.78, 5) is 31.7. The quantitative estimate of drug-likeness (QED) is 0.867. The highest BCUT2D eigenvalue weighted by Gasteiger charge is 2.32. The number of hydrogen-bond donors (Lipinski definition) is 0. The van der Waals surface area contributed by atoms with Gasteiger partial charge in [-0.2, -0.15) is 0 Å². The Bertz CT molecular complexity index is 669. The van der Waals surface area contributed by atoms with E-state index in [1.54, 1.807) is 31.0 Å². The van der Waals surface area contributed by atoms with Gasteiger partial charge in [0, 0.05) is 37.3 Å². The summed E-state index contributed by atoms with van der Waals surface area (Å²) < 4.78 is 0. The molecule has 2 aliphatic rings. The first-order chi connectivity index (χ1) is 10.8. The third kappa shape index (κ3) is 2.45. The zero-order valence-corrected chi connectivity index (χ0v) is 12.2. The van der Waals surface area contributed by atoms with E-state index in [1.165, 1.54) is 0 Å². The van der Waals surface area contributed by atoms with Gasteiger partial charge in [-0.3, -0.25) is 14.8 Å². The first-order valence-corrected chi connectivity index (χ1v) is 7.72. The first kappa shape index (κ1) is 13.3. The molecule has 4 rings (SSSR count). The number of hydrogen-bond acceptors (Lipinski definition) is 5. The van der Waals surface area contributed by atoms with Gasteiger partial charge in [0.05, 0.1) is 23.5 Å². The highest BCUT2D eigenvalue weighted by molar-refractivity contribution is 5.94. The van der Waals surface area contributed by atoms with E-state index in [-0.39, 0.29) is 11.9 Å². The number of rotatable bonds is 3. The van der Waals surface area contributed by atoms with Gasteiger partial charge >= 0.3 is 0 Å². The van der Waals surface area contributed by atoms with Crippen molar-refractivity contribution >= 4 is 5.91 Å². The Hall–Kier alpha value is -2.37. The zero-order valence-electron chi connectivity index (χ0n) is 12.2. The van der Waals surface area contributed by atoms with Crippen LogP contribution >= 0.6 is 0 Å². The van der Waals surface area contributed by atoms with Crippen molar-refractivity contribution in [1.29, 1.82) is 0 Å². The Morgan fingerprint density at radius 2 is 1.86 bits per heavy atom. The average Bonchev–Trinajstić information content (AvgIpc) is 3.32. The van der Waals surface area contributed by atoms with Crippen LogP contribution in [0.5, 0.6) is 0 Å². The van der Waals surface area contributed by atoms with Crippen LogP contribution in [0.15, 0.2) is 31.0 Å². The van der Waals surface area contributed by atoms with E-state index < -0.39 is 0 Å². The molecule has 0 radical (unpaired) electrons. The molecular weight excluding hydrogens is 278 g/mol. The van der Waals surface area contributed by atoms with Crippen molar-refractivity contribution < 1.29 is 4.79 Å². The third-order valence-corrected chi connectivity index (χ3v) is 4.30. The molecule has 1 atom stereocenters. The summed E-state index contributed by atoms with van der Waals surface area (Å²) in [5, 5.41) is 0. The lowest BCUT2D eigenvalue weighted by atomic mass is 10.1. The molecule has 112 valence electrons. The van der Waals surface area contributed by atoms with Crippen LogP contribution in [-0.4, -0.2) is 37.3 Å². The van der Waals surface area contributed by atoms with Gasteiger partial charge in [-0.25, -0.2) is 9.97 Å². The molecule has 1 aliphatic heterocycles. The second-order valence-corrected chi connectivity index (χ2v) is 5.89. The maximum Gasteiger partial charge on any atom is 0.257 e. The van der Waals surface area contributed by atoms with Crippen molar-refractivity contribution in [1.82, 2.24) is 24.8 Å². The van der Waals surface area contributed by atoms with E-state index in [0.717, 1.165) is 43.7 Å². The second-order valence-electron chi connectivity index (χ2n) is 5.89. The van der Waals surface area contributed by atoms with Crippen molar-refractivity contribution in [3.8, 4) is 0 Å². The van der Waals surface area contributed by atoms with Crippen LogP contribution in [0, 0.1) is 0 Å². The summed E-state index contributed by atoms with van der Waals surface area (Å²) in [6.07, 6.45) is 12.6. The van der Waals surface area contributed by atoms with E-state index in [9.17, 15) is 4.79 Å². The topological polar surface area (TPSA) is 71.9 Å². The molecule has 2 aromatic rings. The second kappa shape index (κ2) is 5.44. The zero-order chi connectivity index (χ0) is 14.9. The minimum Gasteiger partial charge on any atom is -0.330 e. The fourth-order valence-corrected chi connectivity index (χ4v) is 2.97. The predicted molar refractivity (Wildman–Crippen MR) is 79.1 cm³/mol. The molecule has 0 aromatic carbocycles. The van der Waals surface area contributed by atoms with Gasteiger partial charge in [-0.15, -0.1) is 0 Å². The van der Waals surface area contributed by atoms with Gasteiger partial charge in [-0.1, -0.05) is 0 Å². The maximum atomic E-state index is 12.7. The van der Waals surface area contributed by atoms with Gasteiger partial charge in [0.1, 0.15) is 5.82 Å². The minimum absolute atomic E-state index is 0.00399. The lowest BCUT2D eigenvalue weighted by Gasteiger charge is -2.23. The van der Waals surface area contributed by atoms with Crippen LogP contribution in [0.2, 0.25) is 0 Å². The Morgan fingerprint density at radius 3 is 2.55 bits per heavy atom. The Morgan fingerprint density at radius 1 is 1.05 bits per heavy atom. The smallest absolute Gasteiger partial charge is 0.257 e. The van der Waals surface area contributed by atoms with Gasteiger partial charge in [0.2, 0.25) is 0 Å². The maximum absolute atomic E-state index is 12.7. The molecule has 1 saturated carbocycles. The summed E-state index contributed by atoms with van der Waals surface area (Å²) in [5.41, 5.74) is 1.41. The lowest BCUT2D eigenvalue weighted by molar-refractivity contribution is 0.0731. The number of nitrogens with zero attached hydrogens (tertiary/aromatic N) is 5. The standard InChI is InChI=1S/C16H17N5O/c22-16(12-8-19-15(20-9-12)11-3-4-11)21-7-1-2-14(21)13-10-17-5-6-18-13/h5-6,8-11,14H,1-4,7H2. The molecule has 1 aliphatic carbocycles. The summed E-state index contributed by atoms with van der Waals surface area (Å²) >= 11 is 0. The number of likely N-dealkylation sites (tertiary alicyclic amines) is 1. The molecular formula is C16H17N5O. The number of aromatic nitrogens is 4. The van der Waals surface area contributed by atoms with Crippen LogP contribution in [0.3, 0.4) is 0 Å². The molecule has 1 amide bonds. The van der Waals surface area contributed by atoms with E-state index in [4.69, 9.17) is 0 Å². The van der Waals surface area contributed by atoms with Crippen molar-refractivity contribution in [2.24, 2.45) is 0 Å². The number of carbonyl (C=O) groups is 1. The van der Waals surface area contributed by atoms with Crippen molar-refractivity contribution in [3.05, 3.63) is 48.1 Å². The first-order valence-electron chi connectivity index (χ1n) is 7.72. The Labute approximate surface area is 128 Å². The minimum atomic E-state index is -0.0181. The van der Waals surface area contributed by atoms with Crippen molar-refractivity contribution in [3.63, 3.8) is 0 Å². The monoisotopic (exact) mass is 295 g/mol. The Kier molecular flexibility index (Phi) is 3.29. The molecule has 3 heterocycles. The Balaban J connectivity index is 1.55. The summed E-state index contributed by atoms with van der Waals surface area (Å²) in [7, 11) is 0. The molecule has 0 spiro atoms. The van der Waals surface area contributed by atoms with Crippen molar-refractivity contribution in [2.75, 3.05) is 6.54 Å². The lowest BCUT2D eigenvalue weighted by Crippen LogP contribution is -2.31. The van der Waals surface area contributed by atoms with Crippen LogP contribution in [0.25, 0.3) is 0 Å². The fraction of sp³-hybridized carbons (Fsp3) is 0.438. The molecule has 0 N–H and O–H groups in total. The van der Waals surface area contributed by atoms with Gasteiger partial charge < -0.3 is 4.90 Å². The summed E-state index contributed by atoms with van der Waals surface area (Å²) in [6.45, 7) is 0.741. The fourth-order valence-electron chi connectivity index (χ4n) is 2.97. The third-order valence-electron chi connectivity index (χ3n) is 4.30. The van der Waals surface area contributed by atoms with Crippen LogP contribution in [0.1, 0.15) is 59.5 Å². The normalized spacial score (nSPS) is 21.1. The summed E-state index contributed by atoms with van der Waals surface area (Å²) in [6, 6.07) is 0.00399. The predicted octanol–water partition coefficient (Wildman–Crippen LogP) is 2.12. The van der Waals surface area contributed by atoms with E-state index in [2.05, 4.69) is 19.9 Å². The summed E-state index contributed by atoms with van der Waals surface area (Å²) in [5.74, 6) is 1.35. The van der Waals surface area contributed by atoms with Gasteiger partial charge in [0.15, 0.2) is 0 Å². The molecule has 1 saturated heterocycles. The SMILES string of the molecule is O=C(c1cnc(C2CC2)nc1)N1CCCC1c1cnccn1. The van der Waals surface area contributed by atoms with E-state index in [0.29, 0.717) is 11.5 Å². The van der Waals surface area contributed by atoms with Crippen LogP contribution in [-0.2, 0) is 0 Å². The highest BCUT2D eigenvalue weighted by Crippen LogP contribution is 2.37. The molecule has 6 nitrogen and oxygen atoms in total. The molecule has 2 fully saturated rings. The van der Waals surface area contributed by atoms with E-state index in [1.807, 2.05) is 4.90 Å². The van der Waals surface area contributed by atoms with Crippen LogP contribution < -0.4 is 0 Å². The molecule has 6 heteroatoms.